The maximum absolute atomic E-state index is 14.3. The highest BCUT2D eigenvalue weighted by Gasteiger charge is 2.41. The third kappa shape index (κ3) is 5.25. The fraction of sp³-hybridized carbons (Fsp3) is 0.273. The van der Waals surface area contributed by atoms with E-state index in [0.717, 1.165) is 24.0 Å². The summed E-state index contributed by atoms with van der Waals surface area (Å²) in [7, 11) is 0. The zero-order chi connectivity index (χ0) is 29.2. The minimum atomic E-state index is -0.837. The minimum Gasteiger partial charge on any atom is -0.454 e. The topological polar surface area (TPSA) is 105 Å². The van der Waals surface area contributed by atoms with Crippen LogP contribution in [0.1, 0.15) is 40.7 Å². The van der Waals surface area contributed by atoms with Gasteiger partial charge in [-0.3, -0.25) is 24.1 Å². The van der Waals surface area contributed by atoms with Crippen LogP contribution >= 0.6 is 0 Å². The molecule has 2 aliphatic heterocycles. The molecule has 9 nitrogen and oxygen atoms in total. The maximum Gasteiger partial charge on any atom is 0.299 e. The fourth-order valence-corrected chi connectivity index (χ4v) is 5.85. The van der Waals surface area contributed by atoms with E-state index >= 15 is 0 Å². The van der Waals surface area contributed by atoms with Crippen molar-refractivity contribution in [1.29, 1.82) is 0 Å². The number of allylic oxidation sites excluding steroid dienone is 2. The molecule has 0 unspecified atom stereocenters. The van der Waals surface area contributed by atoms with Crippen molar-refractivity contribution >= 4 is 34.9 Å². The van der Waals surface area contributed by atoms with E-state index in [0.29, 0.717) is 29.3 Å². The lowest BCUT2D eigenvalue weighted by atomic mass is 9.85. The quantitative estimate of drug-likeness (QED) is 0.315. The third-order valence-corrected chi connectivity index (χ3v) is 8.10. The molecular weight excluding hydrogens is 534 g/mol. The van der Waals surface area contributed by atoms with E-state index in [-0.39, 0.29) is 37.3 Å². The molecule has 3 aromatic carbocycles. The number of fused-ring (bicyclic) bond motifs is 2. The first-order valence-electron chi connectivity index (χ1n) is 14.1. The lowest BCUT2D eigenvalue weighted by Gasteiger charge is -2.38. The number of ketones is 1. The molecule has 1 N–H and O–H groups in total. The van der Waals surface area contributed by atoms with E-state index in [4.69, 9.17) is 9.47 Å². The van der Waals surface area contributed by atoms with Gasteiger partial charge < -0.3 is 19.7 Å². The molecule has 42 heavy (non-hydrogen) atoms. The van der Waals surface area contributed by atoms with Gasteiger partial charge in [-0.05, 0) is 67.5 Å². The van der Waals surface area contributed by atoms with Gasteiger partial charge in [0.25, 0.3) is 11.7 Å². The molecule has 0 aromatic heterocycles. The van der Waals surface area contributed by atoms with E-state index < -0.39 is 23.6 Å². The molecule has 214 valence electrons. The Morgan fingerprint density at radius 3 is 2.60 bits per heavy atom. The molecule has 2 heterocycles. The number of ether oxygens (including phenoxy) is 2. The van der Waals surface area contributed by atoms with Crippen LogP contribution in [0, 0.1) is 12.8 Å². The number of carbonyl (C=O) groups excluding carboxylic acids is 4. The fourth-order valence-electron chi connectivity index (χ4n) is 5.85. The molecule has 6 rings (SSSR count). The summed E-state index contributed by atoms with van der Waals surface area (Å²) in [6, 6.07) is 18.7. The summed E-state index contributed by atoms with van der Waals surface area (Å²) in [5.74, 6) is -1.16. The van der Waals surface area contributed by atoms with Crippen LogP contribution in [-0.2, 0) is 20.9 Å². The number of anilines is 2. The first kappa shape index (κ1) is 27.3. The first-order chi connectivity index (χ1) is 20.4. The molecule has 1 aliphatic carbocycles. The highest BCUT2D eigenvalue weighted by Crippen LogP contribution is 2.35. The molecule has 3 amide bonds. The van der Waals surface area contributed by atoms with Crippen LogP contribution in [0.3, 0.4) is 0 Å². The van der Waals surface area contributed by atoms with E-state index in [2.05, 4.69) is 11.4 Å². The highest BCUT2D eigenvalue weighted by atomic mass is 16.7. The normalized spacial score (nSPS) is 17.6. The first-order valence-corrected chi connectivity index (χ1v) is 14.1. The van der Waals surface area contributed by atoms with Crippen molar-refractivity contribution in [3.05, 3.63) is 95.6 Å². The molecule has 0 spiro atoms. The zero-order valence-corrected chi connectivity index (χ0v) is 23.2. The Balaban J connectivity index is 1.35. The average molecular weight is 566 g/mol. The molecule has 0 saturated carbocycles. The Bertz CT molecular complexity index is 1600. The SMILES string of the molecule is Cc1ccccc1CN(C(=O)CN1C(=O)C(=O)c2ccccc21)[C@H](C(=O)Nc1ccc2c(c1)OCO2)[C@@H]1CC=CCC1. The Kier molecular flexibility index (Phi) is 7.48. The van der Waals surface area contributed by atoms with Gasteiger partial charge in [-0.2, -0.15) is 0 Å². The van der Waals surface area contributed by atoms with Crippen LogP contribution in [0.2, 0.25) is 0 Å². The summed E-state index contributed by atoms with van der Waals surface area (Å²) >= 11 is 0. The monoisotopic (exact) mass is 565 g/mol. The number of carbonyl (C=O) groups is 4. The van der Waals surface area contributed by atoms with Gasteiger partial charge in [-0.25, -0.2) is 0 Å². The van der Waals surface area contributed by atoms with E-state index in [1.807, 2.05) is 37.3 Å². The standard InChI is InChI=1S/C33H31N3O6/c1-21-9-5-6-12-23(21)18-36(29(37)19-35-26-14-8-7-13-25(26)31(38)33(35)40)30(22-10-3-2-4-11-22)32(39)34-24-15-16-27-28(17-24)42-20-41-27/h2-3,5-9,12-17,22,30H,4,10-11,18-20H2,1H3,(H,34,39)/t22-,30+/m1/s1. The number of hydrogen-bond donors (Lipinski definition) is 1. The van der Waals surface area contributed by atoms with Gasteiger partial charge in [0.05, 0.1) is 11.3 Å². The van der Waals surface area contributed by atoms with Crippen LogP contribution < -0.4 is 19.7 Å². The molecule has 0 radical (unpaired) electrons. The summed E-state index contributed by atoms with van der Waals surface area (Å²) < 4.78 is 10.9. The highest BCUT2D eigenvalue weighted by molar-refractivity contribution is 6.52. The number of para-hydroxylation sites is 1. The molecule has 0 saturated heterocycles. The third-order valence-electron chi connectivity index (χ3n) is 8.10. The second kappa shape index (κ2) is 11.5. The van der Waals surface area contributed by atoms with Crippen LogP contribution in [-0.4, -0.2) is 47.8 Å². The minimum absolute atomic E-state index is 0.114. The van der Waals surface area contributed by atoms with Gasteiger partial charge in [-0.15, -0.1) is 0 Å². The molecule has 9 heteroatoms. The number of rotatable bonds is 8. The number of nitrogens with one attached hydrogen (secondary N) is 1. The van der Waals surface area contributed by atoms with Crippen LogP contribution in [0.15, 0.2) is 78.9 Å². The lowest BCUT2D eigenvalue weighted by Crippen LogP contribution is -2.54. The molecule has 0 bridgehead atoms. The van der Waals surface area contributed by atoms with Crippen molar-refractivity contribution in [2.75, 3.05) is 23.6 Å². The summed E-state index contributed by atoms with van der Waals surface area (Å²) in [4.78, 5) is 56.8. The van der Waals surface area contributed by atoms with Crippen molar-refractivity contribution < 1.29 is 28.7 Å². The molecule has 0 fully saturated rings. The number of amides is 3. The van der Waals surface area contributed by atoms with E-state index in [9.17, 15) is 19.2 Å². The predicted molar refractivity (Wildman–Crippen MR) is 156 cm³/mol. The summed E-state index contributed by atoms with van der Waals surface area (Å²) in [6.07, 6.45) is 6.27. The number of aryl methyl sites for hydroxylation is 1. The zero-order valence-electron chi connectivity index (χ0n) is 23.2. The number of hydrogen-bond acceptors (Lipinski definition) is 6. The number of benzene rings is 3. The molecule has 3 aliphatic rings. The van der Waals surface area contributed by atoms with E-state index in [1.54, 1.807) is 47.4 Å². The molecule has 3 aromatic rings. The Labute approximate surface area is 243 Å². The summed E-state index contributed by atoms with van der Waals surface area (Å²) in [5.41, 5.74) is 3.07. The van der Waals surface area contributed by atoms with Gasteiger partial charge in [0.2, 0.25) is 18.6 Å². The van der Waals surface area contributed by atoms with E-state index in [1.165, 1.54) is 4.90 Å². The second-order valence-electron chi connectivity index (χ2n) is 10.7. The van der Waals surface area contributed by atoms with Gasteiger partial charge in [0.1, 0.15) is 12.6 Å². The van der Waals surface area contributed by atoms with Crippen molar-refractivity contribution in [2.24, 2.45) is 5.92 Å². The number of Topliss-reactive ketones (excluding diaryl/α,β-unsaturated/α-hetero) is 1. The van der Waals surface area contributed by atoms with Crippen molar-refractivity contribution in [3.8, 4) is 11.5 Å². The number of nitrogens with zero attached hydrogens (tertiary/aromatic N) is 2. The van der Waals surface area contributed by atoms with Crippen LogP contribution in [0.25, 0.3) is 0 Å². The van der Waals surface area contributed by atoms with Crippen molar-refractivity contribution in [2.45, 2.75) is 38.8 Å². The van der Waals surface area contributed by atoms with Crippen LogP contribution in [0.5, 0.6) is 11.5 Å². The van der Waals surface area contributed by atoms with Gasteiger partial charge in [-0.1, -0.05) is 48.6 Å². The maximum atomic E-state index is 14.3. The Hall–Kier alpha value is -4.92. The van der Waals surface area contributed by atoms with Crippen molar-refractivity contribution in [1.82, 2.24) is 4.90 Å². The molecule has 2 atom stereocenters. The van der Waals surface area contributed by atoms with Gasteiger partial charge in [0, 0.05) is 18.3 Å². The Morgan fingerprint density at radius 1 is 1.00 bits per heavy atom. The van der Waals surface area contributed by atoms with Gasteiger partial charge >= 0.3 is 0 Å². The molecular formula is C33H31N3O6. The largest absolute Gasteiger partial charge is 0.454 e. The van der Waals surface area contributed by atoms with Crippen molar-refractivity contribution in [3.63, 3.8) is 0 Å². The lowest BCUT2D eigenvalue weighted by molar-refractivity contribution is -0.140. The average Bonchev–Trinajstić information content (AvgIpc) is 3.57. The van der Waals surface area contributed by atoms with Crippen LogP contribution in [0.4, 0.5) is 11.4 Å². The smallest absolute Gasteiger partial charge is 0.299 e. The Morgan fingerprint density at radius 2 is 1.79 bits per heavy atom. The summed E-state index contributed by atoms with van der Waals surface area (Å²) in [5, 5.41) is 3.00. The predicted octanol–water partition coefficient (Wildman–Crippen LogP) is 4.65. The second-order valence-corrected chi connectivity index (χ2v) is 10.7. The van der Waals surface area contributed by atoms with Gasteiger partial charge in [0.15, 0.2) is 11.5 Å². The summed E-state index contributed by atoms with van der Waals surface area (Å²) in [6.45, 7) is 1.89.